The van der Waals surface area contributed by atoms with E-state index >= 15 is 0 Å². The molecule has 0 fully saturated rings. The summed E-state index contributed by atoms with van der Waals surface area (Å²) in [7, 11) is 0. The van der Waals surface area contributed by atoms with Crippen LogP contribution >= 0.6 is 15.9 Å². The van der Waals surface area contributed by atoms with Crippen LogP contribution in [0.15, 0.2) is 46.9 Å². The van der Waals surface area contributed by atoms with Crippen LogP contribution in [-0.4, -0.2) is 0 Å². The maximum absolute atomic E-state index is 13.1. The molecule has 0 aliphatic heterocycles. The Labute approximate surface area is 120 Å². The van der Waals surface area contributed by atoms with Crippen molar-refractivity contribution in [2.24, 2.45) is 0 Å². The summed E-state index contributed by atoms with van der Waals surface area (Å²) in [4.78, 5) is 0. The van der Waals surface area contributed by atoms with Crippen molar-refractivity contribution in [1.82, 2.24) is 0 Å². The van der Waals surface area contributed by atoms with Gasteiger partial charge >= 0.3 is 0 Å². The van der Waals surface area contributed by atoms with Gasteiger partial charge in [-0.25, -0.2) is 4.39 Å². The average molecular weight is 319 g/mol. The molecule has 0 amide bonds. The van der Waals surface area contributed by atoms with Gasteiger partial charge in [0.05, 0.1) is 17.0 Å². The molecule has 0 aromatic heterocycles. The molecule has 19 heavy (non-hydrogen) atoms. The first-order valence-electron chi connectivity index (χ1n) is 5.83. The van der Waals surface area contributed by atoms with Gasteiger partial charge in [-0.3, -0.25) is 0 Å². The number of benzene rings is 2. The number of anilines is 1. The molecule has 0 heterocycles. The minimum atomic E-state index is -0.260. The molecule has 2 aromatic carbocycles. The van der Waals surface area contributed by atoms with Crippen LogP contribution in [0.5, 0.6) is 0 Å². The molecular weight excluding hydrogens is 307 g/mol. The maximum atomic E-state index is 13.1. The predicted octanol–water partition coefficient (Wildman–Crippen LogP) is 4.27. The Morgan fingerprint density at radius 3 is 2.42 bits per heavy atom. The van der Waals surface area contributed by atoms with Crippen molar-refractivity contribution in [1.29, 1.82) is 5.26 Å². The van der Waals surface area contributed by atoms with Crippen LogP contribution in [-0.2, 0) is 13.0 Å². The smallest absolute Gasteiger partial charge is 0.137 e. The van der Waals surface area contributed by atoms with Crippen LogP contribution in [0.4, 0.5) is 10.1 Å². The fourth-order valence-electron chi connectivity index (χ4n) is 1.69. The van der Waals surface area contributed by atoms with Gasteiger partial charge in [0.25, 0.3) is 0 Å². The summed E-state index contributed by atoms with van der Waals surface area (Å²) in [5.41, 5.74) is 2.97. The van der Waals surface area contributed by atoms with Crippen molar-refractivity contribution in [2.45, 2.75) is 13.0 Å². The molecule has 0 spiro atoms. The highest BCUT2D eigenvalue weighted by atomic mass is 79.9. The highest BCUT2D eigenvalue weighted by Gasteiger charge is 2.00. The summed E-state index contributed by atoms with van der Waals surface area (Å²) in [5, 5.41) is 11.8. The van der Waals surface area contributed by atoms with Crippen LogP contribution in [0, 0.1) is 17.1 Å². The molecule has 0 aliphatic rings. The van der Waals surface area contributed by atoms with Crippen LogP contribution in [0.3, 0.4) is 0 Å². The van der Waals surface area contributed by atoms with E-state index in [-0.39, 0.29) is 5.82 Å². The second-order valence-electron chi connectivity index (χ2n) is 4.13. The van der Waals surface area contributed by atoms with Crippen LogP contribution in [0.2, 0.25) is 0 Å². The van der Waals surface area contributed by atoms with Crippen molar-refractivity contribution in [3.05, 3.63) is 63.9 Å². The highest BCUT2D eigenvalue weighted by molar-refractivity contribution is 9.10. The fourth-order valence-corrected chi connectivity index (χ4v) is 2.11. The van der Waals surface area contributed by atoms with Crippen molar-refractivity contribution in [3.8, 4) is 6.07 Å². The first-order chi connectivity index (χ1) is 9.19. The summed E-state index contributed by atoms with van der Waals surface area (Å²) >= 11 is 3.17. The first-order valence-corrected chi connectivity index (χ1v) is 6.62. The van der Waals surface area contributed by atoms with E-state index in [0.29, 0.717) is 17.4 Å². The maximum Gasteiger partial charge on any atom is 0.137 e. The monoisotopic (exact) mass is 318 g/mol. The Bertz CT molecular complexity index is 603. The SMILES string of the molecule is N#CCc1ccc(NCc2ccc(F)c(Br)c2)cc1. The molecule has 0 aliphatic carbocycles. The highest BCUT2D eigenvalue weighted by Crippen LogP contribution is 2.18. The van der Waals surface area contributed by atoms with Gasteiger partial charge in [-0.15, -0.1) is 0 Å². The second kappa shape index (κ2) is 6.35. The van der Waals surface area contributed by atoms with E-state index in [1.54, 1.807) is 12.1 Å². The molecular formula is C15H12BrFN2. The van der Waals surface area contributed by atoms with E-state index in [4.69, 9.17) is 5.26 Å². The van der Waals surface area contributed by atoms with Gasteiger partial charge in [0.15, 0.2) is 0 Å². The zero-order valence-electron chi connectivity index (χ0n) is 10.2. The molecule has 0 atom stereocenters. The van der Waals surface area contributed by atoms with Crippen LogP contribution in [0.1, 0.15) is 11.1 Å². The van der Waals surface area contributed by atoms with Gasteiger partial charge in [0, 0.05) is 12.2 Å². The summed E-state index contributed by atoms with van der Waals surface area (Å²) in [5.74, 6) is -0.260. The Kier molecular flexibility index (Phi) is 4.53. The lowest BCUT2D eigenvalue weighted by molar-refractivity contribution is 0.620. The first kappa shape index (κ1) is 13.6. The normalized spacial score (nSPS) is 9.95. The van der Waals surface area contributed by atoms with E-state index in [0.717, 1.165) is 16.8 Å². The molecule has 2 nitrogen and oxygen atoms in total. The Morgan fingerprint density at radius 1 is 1.11 bits per heavy atom. The van der Waals surface area contributed by atoms with Gasteiger partial charge in [0.2, 0.25) is 0 Å². The summed E-state index contributed by atoms with van der Waals surface area (Å²) in [6.45, 7) is 0.622. The van der Waals surface area contributed by atoms with Crippen molar-refractivity contribution < 1.29 is 4.39 Å². The number of halogens is 2. The third-order valence-corrected chi connectivity index (χ3v) is 3.33. The molecule has 0 radical (unpaired) electrons. The minimum absolute atomic E-state index is 0.260. The van der Waals surface area contributed by atoms with Gasteiger partial charge in [-0.05, 0) is 51.3 Å². The Balaban J connectivity index is 1.98. The summed E-state index contributed by atoms with van der Waals surface area (Å²) in [6, 6.07) is 14.8. The van der Waals surface area contributed by atoms with E-state index in [1.165, 1.54) is 6.07 Å². The molecule has 4 heteroatoms. The van der Waals surface area contributed by atoms with Crippen molar-refractivity contribution in [2.75, 3.05) is 5.32 Å². The molecule has 96 valence electrons. The minimum Gasteiger partial charge on any atom is -0.381 e. The number of hydrogen-bond donors (Lipinski definition) is 1. The Hall–Kier alpha value is -1.86. The average Bonchev–Trinajstić information content (AvgIpc) is 2.42. The number of rotatable bonds is 4. The standard InChI is InChI=1S/C15H12BrFN2/c16-14-9-12(3-6-15(14)17)10-19-13-4-1-11(2-5-13)7-8-18/h1-6,9,19H,7,10H2. The molecule has 2 aromatic rings. The number of nitrogens with zero attached hydrogens (tertiary/aromatic N) is 1. The molecule has 0 saturated heterocycles. The largest absolute Gasteiger partial charge is 0.381 e. The molecule has 0 unspecified atom stereocenters. The van der Waals surface area contributed by atoms with E-state index in [1.807, 2.05) is 24.3 Å². The van der Waals surface area contributed by atoms with Gasteiger partial charge in [-0.1, -0.05) is 18.2 Å². The van der Waals surface area contributed by atoms with Gasteiger partial charge < -0.3 is 5.32 Å². The van der Waals surface area contributed by atoms with Crippen molar-refractivity contribution in [3.63, 3.8) is 0 Å². The lowest BCUT2D eigenvalue weighted by Gasteiger charge is -2.07. The molecule has 0 saturated carbocycles. The Morgan fingerprint density at radius 2 is 1.79 bits per heavy atom. The quantitative estimate of drug-likeness (QED) is 0.914. The van der Waals surface area contributed by atoms with E-state index < -0.39 is 0 Å². The predicted molar refractivity (Wildman–Crippen MR) is 77.2 cm³/mol. The third kappa shape index (κ3) is 3.80. The summed E-state index contributed by atoms with van der Waals surface area (Å²) in [6.07, 6.45) is 0.422. The molecule has 2 rings (SSSR count). The summed E-state index contributed by atoms with van der Waals surface area (Å²) < 4.78 is 13.6. The molecule has 1 N–H and O–H groups in total. The number of nitriles is 1. The second-order valence-corrected chi connectivity index (χ2v) is 4.99. The number of nitrogens with one attached hydrogen (secondary N) is 1. The van der Waals surface area contributed by atoms with E-state index in [9.17, 15) is 4.39 Å². The number of hydrogen-bond acceptors (Lipinski definition) is 2. The zero-order chi connectivity index (χ0) is 13.7. The fraction of sp³-hybridized carbons (Fsp3) is 0.133. The van der Waals surface area contributed by atoms with E-state index in [2.05, 4.69) is 27.3 Å². The van der Waals surface area contributed by atoms with Crippen molar-refractivity contribution >= 4 is 21.6 Å². The lowest BCUT2D eigenvalue weighted by atomic mass is 10.1. The third-order valence-electron chi connectivity index (χ3n) is 2.72. The zero-order valence-corrected chi connectivity index (χ0v) is 11.7. The lowest BCUT2D eigenvalue weighted by Crippen LogP contribution is -1.99. The topological polar surface area (TPSA) is 35.8 Å². The van der Waals surface area contributed by atoms with Gasteiger partial charge in [-0.2, -0.15) is 5.26 Å². The van der Waals surface area contributed by atoms with Crippen LogP contribution < -0.4 is 5.32 Å². The van der Waals surface area contributed by atoms with Gasteiger partial charge in [0.1, 0.15) is 5.82 Å². The molecule has 0 bridgehead atoms. The van der Waals surface area contributed by atoms with Crippen LogP contribution in [0.25, 0.3) is 0 Å².